The predicted octanol–water partition coefficient (Wildman–Crippen LogP) is 3.36. The van der Waals surface area contributed by atoms with Crippen LogP contribution in [0.5, 0.6) is 0 Å². The number of hydrogen-bond donors (Lipinski definition) is 1. The molecule has 3 unspecified atom stereocenters. The molecular weight excluding hydrogens is 389 g/mol. The molecule has 2 aliphatic rings. The molecule has 0 spiro atoms. The fraction of sp³-hybridized carbons (Fsp3) is 0.941. The Morgan fingerprint density at radius 2 is 2.05 bits per heavy atom. The maximum Gasteiger partial charge on any atom is 0.193 e. The fourth-order valence-corrected chi connectivity index (χ4v) is 3.54. The first-order valence-electron chi connectivity index (χ1n) is 8.78. The fourth-order valence-electron chi connectivity index (χ4n) is 3.54. The van der Waals surface area contributed by atoms with Crippen molar-refractivity contribution in [2.24, 2.45) is 22.7 Å². The molecule has 0 amide bonds. The summed E-state index contributed by atoms with van der Waals surface area (Å²) in [6.45, 7) is 9.33. The lowest BCUT2D eigenvalue weighted by Crippen LogP contribution is -2.42. The predicted molar refractivity (Wildman–Crippen MR) is 104 cm³/mol. The Hall–Kier alpha value is -0.0400. The normalized spacial score (nSPS) is 29.0. The zero-order chi connectivity index (χ0) is 15.1. The molecule has 1 aliphatic carbocycles. The monoisotopic (exact) mass is 423 g/mol. The van der Waals surface area contributed by atoms with Crippen LogP contribution in [0.3, 0.4) is 0 Å². The van der Waals surface area contributed by atoms with Gasteiger partial charge in [0.25, 0.3) is 0 Å². The molecule has 1 N–H and O–H groups in total. The number of hydrogen-bond acceptors (Lipinski definition) is 2. The van der Waals surface area contributed by atoms with Crippen molar-refractivity contribution < 1.29 is 4.74 Å². The second-order valence-corrected chi connectivity index (χ2v) is 6.83. The van der Waals surface area contributed by atoms with Crippen LogP contribution < -0.4 is 5.32 Å². The van der Waals surface area contributed by atoms with Crippen LogP contribution in [0.1, 0.15) is 46.0 Å². The first kappa shape index (κ1) is 20.0. The van der Waals surface area contributed by atoms with Crippen LogP contribution in [0.4, 0.5) is 0 Å². The summed E-state index contributed by atoms with van der Waals surface area (Å²) in [5.74, 6) is 3.34. The first-order chi connectivity index (χ1) is 10.2. The molecule has 1 saturated carbocycles. The Labute approximate surface area is 153 Å². The largest absolute Gasteiger partial charge is 0.381 e. The Bertz CT molecular complexity index is 332. The Kier molecular flexibility index (Phi) is 9.71. The van der Waals surface area contributed by atoms with Gasteiger partial charge in [-0.05, 0) is 31.6 Å². The highest BCUT2D eigenvalue weighted by atomic mass is 127. The molecule has 0 aromatic heterocycles. The highest BCUT2D eigenvalue weighted by molar-refractivity contribution is 14.0. The van der Waals surface area contributed by atoms with E-state index in [0.29, 0.717) is 5.92 Å². The minimum Gasteiger partial charge on any atom is -0.381 e. The summed E-state index contributed by atoms with van der Waals surface area (Å²) in [6, 6.07) is 0. The molecule has 1 aliphatic heterocycles. The summed E-state index contributed by atoms with van der Waals surface area (Å²) < 4.78 is 5.48. The lowest BCUT2D eigenvalue weighted by Gasteiger charge is -2.29. The Morgan fingerprint density at radius 1 is 1.27 bits per heavy atom. The van der Waals surface area contributed by atoms with Gasteiger partial charge in [0.05, 0.1) is 6.61 Å². The maximum absolute atomic E-state index is 5.48. The lowest BCUT2D eigenvalue weighted by molar-refractivity contribution is 0.181. The first-order valence-corrected chi connectivity index (χ1v) is 8.78. The van der Waals surface area contributed by atoms with Crippen molar-refractivity contribution in [2.75, 3.05) is 39.9 Å². The quantitative estimate of drug-likeness (QED) is 0.419. The van der Waals surface area contributed by atoms with Crippen LogP contribution in [0.25, 0.3) is 0 Å². The third kappa shape index (κ3) is 6.22. The van der Waals surface area contributed by atoms with E-state index < -0.39 is 0 Å². The lowest BCUT2D eigenvalue weighted by atomic mass is 9.80. The van der Waals surface area contributed by atoms with Crippen molar-refractivity contribution in [1.29, 1.82) is 0 Å². The molecule has 130 valence electrons. The zero-order valence-corrected chi connectivity index (χ0v) is 16.8. The Balaban J connectivity index is 0.00000242. The van der Waals surface area contributed by atoms with E-state index >= 15 is 0 Å². The van der Waals surface area contributed by atoms with E-state index in [1.165, 1.54) is 32.1 Å². The molecule has 2 rings (SSSR count). The van der Waals surface area contributed by atoms with Crippen molar-refractivity contribution >= 4 is 29.9 Å². The van der Waals surface area contributed by atoms with E-state index in [1.54, 1.807) is 0 Å². The van der Waals surface area contributed by atoms with Crippen LogP contribution in [0, 0.1) is 17.8 Å². The average molecular weight is 423 g/mol. The third-order valence-corrected chi connectivity index (χ3v) is 5.02. The van der Waals surface area contributed by atoms with Gasteiger partial charge < -0.3 is 15.0 Å². The molecule has 2 fully saturated rings. The molecule has 0 aromatic rings. The number of nitrogens with zero attached hydrogens (tertiary/aromatic N) is 2. The SMILES string of the molecule is CCNC(=NCC1CCCCC1C)N(C)CC1CCOC1.I. The molecule has 3 atom stereocenters. The van der Waals surface area contributed by atoms with Crippen LogP contribution in [0.15, 0.2) is 4.99 Å². The van der Waals surface area contributed by atoms with Crippen molar-refractivity contribution in [2.45, 2.75) is 46.0 Å². The van der Waals surface area contributed by atoms with Gasteiger partial charge in [-0.15, -0.1) is 24.0 Å². The molecule has 4 nitrogen and oxygen atoms in total. The van der Waals surface area contributed by atoms with Gasteiger partial charge in [0.2, 0.25) is 0 Å². The number of ether oxygens (including phenoxy) is 1. The molecule has 5 heteroatoms. The van der Waals surface area contributed by atoms with Crippen molar-refractivity contribution in [3.05, 3.63) is 0 Å². The minimum atomic E-state index is 0. The molecule has 0 aromatic carbocycles. The molecule has 0 bridgehead atoms. The second kappa shape index (κ2) is 10.7. The van der Waals surface area contributed by atoms with Crippen molar-refractivity contribution in [3.8, 4) is 0 Å². The third-order valence-electron chi connectivity index (χ3n) is 5.02. The zero-order valence-electron chi connectivity index (χ0n) is 14.5. The highest BCUT2D eigenvalue weighted by Crippen LogP contribution is 2.29. The summed E-state index contributed by atoms with van der Waals surface area (Å²) in [5, 5.41) is 3.45. The van der Waals surface area contributed by atoms with E-state index in [2.05, 4.69) is 31.1 Å². The number of halogens is 1. The summed E-state index contributed by atoms with van der Waals surface area (Å²) in [7, 11) is 2.16. The molecule has 1 heterocycles. The topological polar surface area (TPSA) is 36.9 Å². The van der Waals surface area contributed by atoms with Crippen LogP contribution >= 0.6 is 24.0 Å². The number of rotatable bonds is 5. The number of nitrogens with one attached hydrogen (secondary N) is 1. The second-order valence-electron chi connectivity index (χ2n) is 6.83. The highest BCUT2D eigenvalue weighted by Gasteiger charge is 2.22. The van der Waals surface area contributed by atoms with E-state index in [0.717, 1.165) is 50.6 Å². The van der Waals surface area contributed by atoms with Gasteiger partial charge >= 0.3 is 0 Å². The molecule has 22 heavy (non-hydrogen) atoms. The van der Waals surface area contributed by atoms with E-state index in [9.17, 15) is 0 Å². The van der Waals surface area contributed by atoms with Crippen molar-refractivity contribution in [3.63, 3.8) is 0 Å². The summed E-state index contributed by atoms with van der Waals surface area (Å²) in [4.78, 5) is 7.21. The number of guanidine groups is 1. The molecular formula is C17H34IN3O. The van der Waals surface area contributed by atoms with Gasteiger partial charge in [0, 0.05) is 39.2 Å². The maximum atomic E-state index is 5.48. The Morgan fingerprint density at radius 3 is 2.68 bits per heavy atom. The van der Waals surface area contributed by atoms with E-state index in [-0.39, 0.29) is 24.0 Å². The van der Waals surface area contributed by atoms with E-state index in [4.69, 9.17) is 9.73 Å². The summed E-state index contributed by atoms with van der Waals surface area (Å²) in [6.07, 6.45) is 6.71. The van der Waals surface area contributed by atoms with Gasteiger partial charge in [0.1, 0.15) is 0 Å². The molecule has 1 saturated heterocycles. The van der Waals surface area contributed by atoms with Gasteiger partial charge in [-0.1, -0.05) is 26.2 Å². The minimum absolute atomic E-state index is 0. The smallest absolute Gasteiger partial charge is 0.193 e. The number of aliphatic imine (C=N–C) groups is 1. The van der Waals surface area contributed by atoms with Gasteiger partial charge in [-0.25, -0.2) is 0 Å². The van der Waals surface area contributed by atoms with Crippen LogP contribution in [0.2, 0.25) is 0 Å². The van der Waals surface area contributed by atoms with E-state index in [1.807, 2.05) is 0 Å². The summed E-state index contributed by atoms with van der Waals surface area (Å²) in [5.41, 5.74) is 0. The van der Waals surface area contributed by atoms with Gasteiger partial charge in [-0.3, -0.25) is 4.99 Å². The van der Waals surface area contributed by atoms with Gasteiger partial charge in [-0.2, -0.15) is 0 Å². The van der Waals surface area contributed by atoms with Crippen LogP contribution in [-0.4, -0.2) is 50.8 Å². The van der Waals surface area contributed by atoms with Crippen molar-refractivity contribution in [1.82, 2.24) is 10.2 Å². The standard InChI is InChI=1S/C17H33N3O.HI/c1-4-18-17(20(3)12-15-9-10-21-13-15)19-11-16-8-6-5-7-14(16)2;/h14-16H,4-13H2,1-3H3,(H,18,19);1H. The average Bonchev–Trinajstić information content (AvgIpc) is 2.97. The molecule has 0 radical (unpaired) electrons. The summed E-state index contributed by atoms with van der Waals surface area (Å²) >= 11 is 0. The van der Waals surface area contributed by atoms with Crippen LogP contribution in [-0.2, 0) is 4.74 Å². The van der Waals surface area contributed by atoms with Gasteiger partial charge in [0.15, 0.2) is 5.96 Å².